The van der Waals surface area contributed by atoms with Crippen molar-refractivity contribution in [2.75, 3.05) is 26.7 Å². The fourth-order valence-electron chi connectivity index (χ4n) is 3.38. The van der Waals surface area contributed by atoms with E-state index in [0.717, 1.165) is 73.8 Å². The second kappa shape index (κ2) is 9.23. The maximum Gasteiger partial charge on any atom is 0.214 e. The lowest BCUT2D eigenvalue weighted by Gasteiger charge is -2.31. The molecule has 8 nitrogen and oxygen atoms in total. The van der Waals surface area contributed by atoms with Crippen molar-refractivity contribution in [1.82, 2.24) is 25.5 Å². The number of oxazole rings is 2. The number of piperidine rings is 1. The Labute approximate surface area is 166 Å². The zero-order chi connectivity index (χ0) is 20.1. The van der Waals surface area contributed by atoms with Gasteiger partial charge in [0.2, 0.25) is 11.8 Å². The third-order valence-electron chi connectivity index (χ3n) is 5.40. The van der Waals surface area contributed by atoms with Crippen LogP contribution in [0, 0.1) is 33.6 Å². The van der Waals surface area contributed by atoms with Gasteiger partial charge in [-0.05, 0) is 59.5 Å². The molecule has 0 aliphatic carbocycles. The molecular weight excluding hydrogens is 356 g/mol. The maximum absolute atomic E-state index is 5.71. The molecule has 1 fully saturated rings. The molecule has 0 saturated carbocycles. The molecular formula is C20H32N6O2. The molecule has 0 radical (unpaired) electrons. The van der Waals surface area contributed by atoms with Crippen LogP contribution in [0.2, 0.25) is 0 Å². The molecule has 0 amide bonds. The minimum absolute atomic E-state index is 0.530. The number of aliphatic imine (C=N–C) groups is 1. The van der Waals surface area contributed by atoms with Gasteiger partial charge in [-0.1, -0.05) is 0 Å². The van der Waals surface area contributed by atoms with Gasteiger partial charge in [0, 0.05) is 13.6 Å². The summed E-state index contributed by atoms with van der Waals surface area (Å²) >= 11 is 0. The van der Waals surface area contributed by atoms with Gasteiger partial charge in [-0.25, -0.2) is 9.97 Å². The molecule has 8 heteroatoms. The van der Waals surface area contributed by atoms with E-state index in [2.05, 4.69) is 30.5 Å². The second-order valence-electron chi connectivity index (χ2n) is 7.52. The van der Waals surface area contributed by atoms with Crippen LogP contribution in [-0.4, -0.2) is 47.5 Å². The van der Waals surface area contributed by atoms with E-state index in [9.17, 15) is 0 Å². The molecule has 3 heterocycles. The van der Waals surface area contributed by atoms with E-state index in [4.69, 9.17) is 8.83 Å². The fourth-order valence-corrected chi connectivity index (χ4v) is 3.38. The lowest BCUT2D eigenvalue weighted by Crippen LogP contribution is -2.42. The number of aromatic nitrogens is 2. The Hall–Kier alpha value is -2.35. The minimum atomic E-state index is 0.530. The van der Waals surface area contributed by atoms with Crippen LogP contribution in [0.1, 0.15) is 47.5 Å². The molecule has 0 atom stereocenters. The van der Waals surface area contributed by atoms with Crippen LogP contribution in [-0.2, 0) is 13.1 Å². The molecule has 1 saturated heterocycles. The molecule has 1 aliphatic rings. The van der Waals surface area contributed by atoms with Crippen LogP contribution in [0.15, 0.2) is 13.8 Å². The highest BCUT2D eigenvalue weighted by molar-refractivity contribution is 5.79. The number of guanidine groups is 1. The van der Waals surface area contributed by atoms with Gasteiger partial charge in [0.15, 0.2) is 5.96 Å². The number of nitrogens with one attached hydrogen (secondary N) is 2. The molecule has 28 heavy (non-hydrogen) atoms. The summed E-state index contributed by atoms with van der Waals surface area (Å²) in [5, 5.41) is 6.69. The van der Waals surface area contributed by atoms with Crippen LogP contribution >= 0.6 is 0 Å². The molecule has 2 aromatic heterocycles. The van der Waals surface area contributed by atoms with Crippen LogP contribution < -0.4 is 10.6 Å². The summed E-state index contributed by atoms with van der Waals surface area (Å²) < 4.78 is 11.3. The van der Waals surface area contributed by atoms with Gasteiger partial charge < -0.3 is 19.5 Å². The molecule has 154 valence electrons. The smallest absolute Gasteiger partial charge is 0.214 e. The van der Waals surface area contributed by atoms with E-state index in [1.165, 1.54) is 0 Å². The molecule has 0 unspecified atom stereocenters. The summed E-state index contributed by atoms with van der Waals surface area (Å²) in [6.07, 6.45) is 2.31. The van der Waals surface area contributed by atoms with Crippen molar-refractivity contribution >= 4 is 5.96 Å². The zero-order valence-corrected chi connectivity index (χ0v) is 17.6. The normalized spacial score (nSPS) is 16.5. The van der Waals surface area contributed by atoms with E-state index in [-0.39, 0.29) is 0 Å². The van der Waals surface area contributed by atoms with Crippen molar-refractivity contribution in [2.24, 2.45) is 10.9 Å². The summed E-state index contributed by atoms with van der Waals surface area (Å²) in [6.45, 7) is 12.2. The van der Waals surface area contributed by atoms with Crippen molar-refractivity contribution in [3.8, 4) is 0 Å². The summed E-state index contributed by atoms with van der Waals surface area (Å²) in [7, 11) is 1.78. The van der Waals surface area contributed by atoms with Crippen molar-refractivity contribution < 1.29 is 8.83 Å². The SMILES string of the molecule is CN=C(NCc1nc(C)c(C)o1)NCC1CCN(Cc2nc(C)c(C)o2)CC1. The quantitative estimate of drug-likeness (QED) is 0.580. The Morgan fingerprint density at radius 1 is 1.00 bits per heavy atom. The van der Waals surface area contributed by atoms with E-state index >= 15 is 0 Å². The van der Waals surface area contributed by atoms with Crippen LogP contribution in [0.4, 0.5) is 0 Å². The Bertz CT molecular complexity index is 763. The van der Waals surface area contributed by atoms with Crippen LogP contribution in [0.25, 0.3) is 0 Å². The number of rotatable bonds is 6. The Morgan fingerprint density at radius 2 is 1.61 bits per heavy atom. The molecule has 0 aromatic carbocycles. The number of nitrogens with zero attached hydrogens (tertiary/aromatic N) is 4. The number of aryl methyl sites for hydroxylation is 4. The van der Waals surface area contributed by atoms with E-state index in [1.807, 2.05) is 27.7 Å². The van der Waals surface area contributed by atoms with E-state index in [1.54, 1.807) is 7.05 Å². The number of hydrogen-bond acceptors (Lipinski definition) is 6. The van der Waals surface area contributed by atoms with Crippen molar-refractivity contribution in [1.29, 1.82) is 0 Å². The lowest BCUT2D eigenvalue weighted by atomic mass is 9.97. The van der Waals surface area contributed by atoms with Crippen molar-refractivity contribution in [2.45, 2.75) is 53.6 Å². The summed E-state index contributed by atoms with van der Waals surface area (Å²) in [5.74, 6) is 4.71. The first-order chi connectivity index (χ1) is 13.4. The fraction of sp³-hybridized carbons (Fsp3) is 0.650. The third kappa shape index (κ3) is 5.34. The first kappa shape index (κ1) is 20.4. The van der Waals surface area contributed by atoms with Gasteiger partial charge >= 0.3 is 0 Å². The monoisotopic (exact) mass is 388 g/mol. The maximum atomic E-state index is 5.71. The second-order valence-corrected chi connectivity index (χ2v) is 7.52. The molecule has 2 N–H and O–H groups in total. The molecule has 1 aliphatic heterocycles. The highest BCUT2D eigenvalue weighted by atomic mass is 16.4. The topological polar surface area (TPSA) is 91.7 Å². The van der Waals surface area contributed by atoms with Crippen LogP contribution in [0.5, 0.6) is 0 Å². The number of likely N-dealkylation sites (tertiary alicyclic amines) is 1. The van der Waals surface area contributed by atoms with Gasteiger partial charge in [-0.3, -0.25) is 9.89 Å². The molecule has 0 bridgehead atoms. The van der Waals surface area contributed by atoms with E-state index in [0.29, 0.717) is 18.4 Å². The van der Waals surface area contributed by atoms with Gasteiger partial charge in [-0.15, -0.1) is 0 Å². The zero-order valence-electron chi connectivity index (χ0n) is 17.6. The molecule has 0 spiro atoms. The highest BCUT2D eigenvalue weighted by Gasteiger charge is 2.21. The summed E-state index contributed by atoms with van der Waals surface area (Å²) in [5.41, 5.74) is 1.92. The van der Waals surface area contributed by atoms with Crippen molar-refractivity contribution in [3.63, 3.8) is 0 Å². The third-order valence-corrected chi connectivity index (χ3v) is 5.40. The number of hydrogen-bond donors (Lipinski definition) is 2. The van der Waals surface area contributed by atoms with Crippen LogP contribution in [0.3, 0.4) is 0 Å². The van der Waals surface area contributed by atoms with Gasteiger partial charge in [0.05, 0.1) is 24.5 Å². The van der Waals surface area contributed by atoms with E-state index < -0.39 is 0 Å². The average molecular weight is 389 g/mol. The van der Waals surface area contributed by atoms with Gasteiger partial charge in [0.1, 0.15) is 11.5 Å². The highest BCUT2D eigenvalue weighted by Crippen LogP contribution is 2.19. The Balaban J connectivity index is 1.37. The van der Waals surface area contributed by atoms with Crippen molar-refractivity contribution in [3.05, 3.63) is 34.7 Å². The summed E-state index contributed by atoms with van der Waals surface area (Å²) in [6, 6.07) is 0. The standard InChI is InChI=1S/C20H32N6O2/c1-13-15(3)27-18(24-13)11-23-20(21-5)22-10-17-6-8-26(9-7-17)12-19-25-14(2)16(4)28-19/h17H,6-12H2,1-5H3,(H2,21,22,23). The predicted molar refractivity (Wildman–Crippen MR) is 108 cm³/mol. The van der Waals surface area contributed by atoms with Gasteiger partial charge in [-0.2, -0.15) is 0 Å². The average Bonchev–Trinajstić information content (AvgIpc) is 3.17. The van der Waals surface area contributed by atoms with Gasteiger partial charge in [0.25, 0.3) is 0 Å². The lowest BCUT2D eigenvalue weighted by molar-refractivity contribution is 0.164. The first-order valence-corrected chi connectivity index (χ1v) is 9.97. The predicted octanol–water partition coefficient (Wildman–Crippen LogP) is 2.47. The molecule has 2 aromatic rings. The Kier molecular flexibility index (Phi) is 6.72. The largest absolute Gasteiger partial charge is 0.444 e. The summed E-state index contributed by atoms with van der Waals surface area (Å²) in [4.78, 5) is 15.6. The minimum Gasteiger partial charge on any atom is -0.444 e. The Morgan fingerprint density at radius 3 is 2.14 bits per heavy atom. The first-order valence-electron chi connectivity index (χ1n) is 9.97. The molecule has 3 rings (SSSR count).